The fourth-order valence-corrected chi connectivity index (χ4v) is 4.10. The summed E-state index contributed by atoms with van der Waals surface area (Å²) in [6.45, 7) is 8.36. The minimum atomic E-state index is -0.292. The van der Waals surface area contributed by atoms with Gasteiger partial charge < -0.3 is 4.98 Å². The zero-order chi connectivity index (χ0) is 23.7. The fourth-order valence-electron chi connectivity index (χ4n) is 4.10. The van der Waals surface area contributed by atoms with E-state index in [1.807, 2.05) is 49.7 Å². The number of H-pyrrole nitrogens is 2. The number of aromatic nitrogens is 5. The van der Waals surface area contributed by atoms with Gasteiger partial charge in [-0.1, -0.05) is 31.7 Å². The molecule has 0 radical (unpaired) electrons. The molecule has 2 N–H and O–H groups in total. The van der Waals surface area contributed by atoms with Gasteiger partial charge in [0.05, 0.1) is 16.7 Å². The number of benzene rings is 1. The molecule has 5 nitrogen and oxygen atoms in total. The first kappa shape index (κ1) is 21.5. The Morgan fingerprint density at radius 3 is 2.79 bits per heavy atom. The molecule has 0 saturated carbocycles. The molecule has 34 heavy (non-hydrogen) atoms. The minimum absolute atomic E-state index is 0.292. The molecule has 5 rings (SSSR count). The summed E-state index contributed by atoms with van der Waals surface area (Å²) < 4.78 is 13.9. The number of aromatic amines is 2. The number of nitrogens with one attached hydrogen (secondary N) is 2. The van der Waals surface area contributed by atoms with E-state index in [1.165, 1.54) is 12.1 Å². The van der Waals surface area contributed by atoms with E-state index in [0.29, 0.717) is 0 Å². The predicted molar refractivity (Wildman–Crippen MR) is 136 cm³/mol. The van der Waals surface area contributed by atoms with Crippen LogP contribution < -0.4 is 10.6 Å². The van der Waals surface area contributed by atoms with Crippen LogP contribution in [0.1, 0.15) is 25.0 Å². The lowest BCUT2D eigenvalue weighted by atomic mass is 10.0. The van der Waals surface area contributed by atoms with E-state index in [9.17, 15) is 4.39 Å². The van der Waals surface area contributed by atoms with Crippen molar-refractivity contribution >= 4 is 28.6 Å². The molecule has 0 amide bonds. The van der Waals surface area contributed by atoms with Gasteiger partial charge in [-0.3, -0.25) is 15.1 Å². The van der Waals surface area contributed by atoms with Crippen molar-refractivity contribution in [1.29, 1.82) is 0 Å². The second-order valence-corrected chi connectivity index (χ2v) is 8.11. The Morgan fingerprint density at radius 2 is 2.00 bits per heavy atom. The Kier molecular flexibility index (Phi) is 5.64. The summed E-state index contributed by atoms with van der Waals surface area (Å²) in [5.41, 5.74) is 6.95. The maximum absolute atomic E-state index is 13.9. The number of fused-ring (bicyclic) bond motifs is 1. The highest BCUT2D eigenvalue weighted by molar-refractivity contribution is 5.96. The molecule has 0 aliphatic carbocycles. The van der Waals surface area contributed by atoms with E-state index in [0.717, 1.165) is 67.2 Å². The maximum Gasteiger partial charge on any atom is 0.123 e. The van der Waals surface area contributed by atoms with Gasteiger partial charge in [0.2, 0.25) is 0 Å². The molecule has 0 fully saturated rings. The summed E-state index contributed by atoms with van der Waals surface area (Å²) in [6.07, 6.45) is 10.4. The highest BCUT2D eigenvalue weighted by Gasteiger charge is 2.13. The van der Waals surface area contributed by atoms with E-state index in [-0.39, 0.29) is 5.82 Å². The number of nitrogens with zero attached hydrogens (tertiary/aromatic N) is 3. The van der Waals surface area contributed by atoms with Crippen LogP contribution in [0.25, 0.3) is 51.3 Å². The van der Waals surface area contributed by atoms with Crippen LogP contribution in [-0.2, 0) is 6.42 Å². The first-order valence-electron chi connectivity index (χ1n) is 11.2. The predicted octanol–water partition coefficient (Wildman–Crippen LogP) is 5.01. The Bertz CT molecular complexity index is 1640. The lowest BCUT2D eigenvalue weighted by Gasteiger charge is -2.02. The third kappa shape index (κ3) is 3.94. The Hall–Kier alpha value is -4.32. The van der Waals surface area contributed by atoms with Crippen molar-refractivity contribution in [2.24, 2.45) is 0 Å². The molecule has 168 valence electrons. The number of hydrogen-bond acceptors (Lipinski definition) is 3. The summed E-state index contributed by atoms with van der Waals surface area (Å²) in [4.78, 5) is 12.3. The highest BCUT2D eigenvalue weighted by Crippen LogP contribution is 2.29. The van der Waals surface area contributed by atoms with Crippen molar-refractivity contribution in [1.82, 2.24) is 25.1 Å². The van der Waals surface area contributed by atoms with Crippen LogP contribution in [0, 0.1) is 5.82 Å². The van der Waals surface area contributed by atoms with Gasteiger partial charge >= 0.3 is 0 Å². The lowest BCUT2D eigenvalue weighted by molar-refractivity contribution is 0.628. The molecule has 0 saturated heterocycles. The van der Waals surface area contributed by atoms with Gasteiger partial charge in [0.1, 0.15) is 11.5 Å². The van der Waals surface area contributed by atoms with E-state index >= 15 is 0 Å². The molecule has 0 unspecified atom stereocenters. The third-order valence-electron chi connectivity index (χ3n) is 5.92. The number of pyridine rings is 2. The van der Waals surface area contributed by atoms with Crippen molar-refractivity contribution in [2.75, 3.05) is 0 Å². The Labute approximate surface area is 196 Å². The van der Waals surface area contributed by atoms with Crippen LogP contribution in [0.3, 0.4) is 0 Å². The first-order chi connectivity index (χ1) is 16.6. The number of aryl methyl sites for hydroxylation is 1. The second kappa shape index (κ2) is 8.90. The average Bonchev–Trinajstić information content (AvgIpc) is 3.47. The second-order valence-electron chi connectivity index (χ2n) is 8.11. The molecule has 0 atom stereocenters. The average molecular weight is 450 g/mol. The van der Waals surface area contributed by atoms with Gasteiger partial charge in [-0.05, 0) is 66.5 Å². The summed E-state index contributed by atoms with van der Waals surface area (Å²) in [7, 11) is 0. The molecule has 4 heterocycles. The number of allylic oxidation sites excluding steroid dienone is 1. The standard InChI is InChI=1S/C28H24FN5/c1-4-18-12-20(16-30-15-18)17(3)11-22-24(5-2)33-34-28(22)26-14-23-25(32-26)9-10-31-27(23)19-7-6-8-21(29)13-19/h5-16,32-33H,3-4H2,1-2H3/b22-11+,24-5+. The van der Waals surface area contributed by atoms with E-state index < -0.39 is 0 Å². The van der Waals surface area contributed by atoms with Crippen LogP contribution in [0.2, 0.25) is 0 Å². The number of halogens is 1. The molecule has 1 aromatic carbocycles. The summed E-state index contributed by atoms with van der Waals surface area (Å²) in [5, 5.41) is 10.4. The largest absolute Gasteiger partial charge is 0.353 e. The van der Waals surface area contributed by atoms with E-state index in [4.69, 9.17) is 0 Å². The van der Waals surface area contributed by atoms with Gasteiger partial charge in [0.15, 0.2) is 0 Å². The summed E-state index contributed by atoms with van der Waals surface area (Å²) in [6, 6.07) is 12.5. The van der Waals surface area contributed by atoms with Gasteiger partial charge in [-0.25, -0.2) is 4.39 Å². The van der Waals surface area contributed by atoms with Crippen LogP contribution >= 0.6 is 0 Å². The molecule has 5 aromatic rings. The summed E-state index contributed by atoms with van der Waals surface area (Å²) >= 11 is 0. The van der Waals surface area contributed by atoms with Crippen LogP contribution in [0.5, 0.6) is 0 Å². The lowest BCUT2D eigenvalue weighted by Crippen LogP contribution is -2.23. The molecule has 0 aliphatic rings. The van der Waals surface area contributed by atoms with Crippen molar-refractivity contribution in [2.45, 2.75) is 20.3 Å². The van der Waals surface area contributed by atoms with E-state index in [1.54, 1.807) is 12.3 Å². The first-order valence-corrected chi connectivity index (χ1v) is 11.2. The number of rotatable bonds is 5. The molecule has 6 heteroatoms. The van der Waals surface area contributed by atoms with Gasteiger partial charge in [0.25, 0.3) is 0 Å². The Balaban J connectivity index is 1.65. The molecular formula is C28H24FN5. The van der Waals surface area contributed by atoms with Crippen molar-refractivity contribution in [3.63, 3.8) is 0 Å². The molecule has 4 aromatic heterocycles. The Morgan fingerprint density at radius 1 is 1.12 bits per heavy atom. The smallest absolute Gasteiger partial charge is 0.123 e. The molecule has 0 spiro atoms. The monoisotopic (exact) mass is 449 g/mol. The topological polar surface area (TPSA) is 70.2 Å². The van der Waals surface area contributed by atoms with Crippen molar-refractivity contribution in [3.8, 4) is 22.6 Å². The van der Waals surface area contributed by atoms with Gasteiger partial charge in [-0.2, -0.15) is 5.10 Å². The third-order valence-corrected chi connectivity index (χ3v) is 5.92. The van der Waals surface area contributed by atoms with Crippen LogP contribution in [0.4, 0.5) is 4.39 Å². The molecule has 0 bridgehead atoms. The molecule has 0 aliphatic heterocycles. The van der Waals surface area contributed by atoms with Crippen molar-refractivity contribution in [3.05, 3.63) is 95.1 Å². The highest BCUT2D eigenvalue weighted by atomic mass is 19.1. The minimum Gasteiger partial charge on any atom is -0.353 e. The quantitative estimate of drug-likeness (QED) is 0.396. The number of hydrogen-bond donors (Lipinski definition) is 2. The summed E-state index contributed by atoms with van der Waals surface area (Å²) in [5.74, 6) is -0.292. The van der Waals surface area contributed by atoms with Crippen LogP contribution in [0.15, 0.2) is 67.6 Å². The zero-order valence-corrected chi connectivity index (χ0v) is 19.1. The normalized spacial score (nSPS) is 12.6. The zero-order valence-electron chi connectivity index (χ0n) is 19.1. The van der Waals surface area contributed by atoms with Gasteiger partial charge in [0, 0.05) is 40.3 Å². The fraction of sp³-hybridized carbons (Fsp3) is 0.107. The van der Waals surface area contributed by atoms with Crippen molar-refractivity contribution < 1.29 is 4.39 Å². The molecular weight excluding hydrogens is 425 g/mol. The maximum atomic E-state index is 13.9. The van der Waals surface area contributed by atoms with E-state index in [2.05, 4.69) is 44.7 Å². The SMILES string of the molecule is C=C(/C=c1/c(-c2cc3c(-c4cccc(F)c4)nccc3[nH]2)n[nH]/c1=C/C)c1cncc(CC)c1. The van der Waals surface area contributed by atoms with Crippen LogP contribution in [-0.4, -0.2) is 25.1 Å². The van der Waals surface area contributed by atoms with Gasteiger partial charge in [-0.15, -0.1) is 0 Å².